The van der Waals surface area contributed by atoms with E-state index < -0.39 is 4.92 Å². The minimum Gasteiger partial charge on any atom is -0.494 e. The van der Waals surface area contributed by atoms with Crippen LogP contribution in [0.25, 0.3) is 5.69 Å². The van der Waals surface area contributed by atoms with Crippen LogP contribution in [0.3, 0.4) is 0 Å². The standard InChI is InChI=1S/C32H29N5O7S/c1-41-27-16-9-21(17-29(27)43-3)18-30-34-35-32(36(30)22-10-13-25(14-11-22)44-24-7-5-4-6-8-24)45-20-31(38)33-26-15-12-23(37(39)40)19-28(26)42-2/h4-17,19H,18,20H2,1-3H3,(H,33,38). The van der Waals surface area contributed by atoms with Crippen LogP contribution in [0.5, 0.6) is 28.7 Å². The summed E-state index contributed by atoms with van der Waals surface area (Å²) in [6, 6.07) is 26.6. The molecule has 0 radical (unpaired) electrons. The number of para-hydroxylation sites is 1. The molecule has 1 heterocycles. The number of thioether (sulfide) groups is 1. The van der Waals surface area contributed by atoms with Gasteiger partial charge >= 0.3 is 0 Å². The Bertz CT molecular complexity index is 1800. The number of ether oxygens (including phenoxy) is 4. The number of nitrogens with one attached hydrogen (secondary N) is 1. The van der Waals surface area contributed by atoms with Gasteiger partial charge in [0.15, 0.2) is 16.7 Å². The molecule has 1 aromatic heterocycles. The Kier molecular flexibility index (Phi) is 9.80. The maximum Gasteiger partial charge on any atom is 0.273 e. The summed E-state index contributed by atoms with van der Waals surface area (Å²) in [6.45, 7) is 0. The van der Waals surface area contributed by atoms with E-state index >= 15 is 0 Å². The first-order valence-corrected chi connectivity index (χ1v) is 14.6. The number of nitro groups is 1. The fraction of sp³-hybridized carbons (Fsp3) is 0.156. The SMILES string of the molecule is COc1cc([N+](=O)[O-])ccc1NC(=O)CSc1nnc(Cc2ccc(OC)c(OC)c2)n1-c1ccc(Oc2ccccc2)cc1. The van der Waals surface area contributed by atoms with E-state index in [1.165, 1.54) is 37.1 Å². The number of hydrogen-bond donors (Lipinski definition) is 1. The second kappa shape index (κ2) is 14.3. The largest absolute Gasteiger partial charge is 0.494 e. The van der Waals surface area contributed by atoms with Gasteiger partial charge in [0.25, 0.3) is 5.69 Å². The van der Waals surface area contributed by atoms with Crippen LogP contribution in [-0.2, 0) is 11.2 Å². The molecule has 230 valence electrons. The third-order valence-electron chi connectivity index (χ3n) is 6.59. The zero-order valence-corrected chi connectivity index (χ0v) is 25.4. The molecule has 0 unspecified atom stereocenters. The van der Waals surface area contributed by atoms with Gasteiger partial charge in [-0.1, -0.05) is 36.0 Å². The predicted octanol–water partition coefficient (Wildman–Crippen LogP) is 6.32. The number of nitro benzene ring substituents is 1. The van der Waals surface area contributed by atoms with Crippen molar-refractivity contribution < 1.29 is 28.7 Å². The summed E-state index contributed by atoms with van der Waals surface area (Å²) in [5, 5.41) is 23.2. The van der Waals surface area contributed by atoms with Gasteiger partial charge in [-0.15, -0.1) is 10.2 Å². The molecular formula is C32H29N5O7S. The minimum absolute atomic E-state index is 0.0101. The summed E-state index contributed by atoms with van der Waals surface area (Å²) in [7, 11) is 4.54. The Morgan fingerprint density at radius 2 is 1.56 bits per heavy atom. The molecule has 5 aromatic rings. The molecule has 0 atom stereocenters. The maximum atomic E-state index is 12.9. The second-order valence-corrected chi connectivity index (χ2v) is 10.4. The van der Waals surface area contributed by atoms with E-state index in [9.17, 15) is 14.9 Å². The zero-order chi connectivity index (χ0) is 31.8. The molecule has 5 rings (SSSR count). The molecule has 0 saturated heterocycles. The normalized spacial score (nSPS) is 10.6. The van der Waals surface area contributed by atoms with Crippen molar-refractivity contribution >= 4 is 29.0 Å². The van der Waals surface area contributed by atoms with Gasteiger partial charge < -0.3 is 24.3 Å². The number of anilines is 1. The van der Waals surface area contributed by atoms with Crippen LogP contribution < -0.4 is 24.3 Å². The summed E-state index contributed by atoms with van der Waals surface area (Å²) >= 11 is 1.20. The number of rotatable bonds is 13. The molecule has 13 heteroatoms. The van der Waals surface area contributed by atoms with Crippen molar-refractivity contribution in [2.24, 2.45) is 0 Å². The Morgan fingerprint density at radius 1 is 0.844 bits per heavy atom. The molecule has 1 amide bonds. The molecular weight excluding hydrogens is 598 g/mol. The molecule has 0 aliphatic carbocycles. The van der Waals surface area contributed by atoms with Crippen LogP contribution >= 0.6 is 11.8 Å². The van der Waals surface area contributed by atoms with Gasteiger partial charge in [0.1, 0.15) is 23.1 Å². The van der Waals surface area contributed by atoms with E-state index in [4.69, 9.17) is 18.9 Å². The summed E-state index contributed by atoms with van der Waals surface area (Å²) in [5.74, 6) is 3.04. The molecule has 0 fully saturated rings. The third-order valence-corrected chi connectivity index (χ3v) is 7.52. The van der Waals surface area contributed by atoms with Crippen molar-refractivity contribution in [3.63, 3.8) is 0 Å². The second-order valence-electron chi connectivity index (χ2n) is 9.49. The first-order chi connectivity index (χ1) is 21.9. The highest BCUT2D eigenvalue weighted by atomic mass is 32.2. The van der Waals surface area contributed by atoms with Crippen molar-refractivity contribution in [1.82, 2.24) is 14.8 Å². The molecule has 45 heavy (non-hydrogen) atoms. The lowest BCUT2D eigenvalue weighted by atomic mass is 10.1. The lowest BCUT2D eigenvalue weighted by Gasteiger charge is -2.13. The van der Waals surface area contributed by atoms with Gasteiger partial charge in [-0.25, -0.2) is 0 Å². The minimum atomic E-state index is -0.531. The summed E-state index contributed by atoms with van der Waals surface area (Å²) in [5.41, 5.74) is 1.87. The molecule has 0 aliphatic rings. The highest BCUT2D eigenvalue weighted by molar-refractivity contribution is 7.99. The molecule has 0 spiro atoms. The quantitative estimate of drug-likeness (QED) is 0.0896. The van der Waals surface area contributed by atoms with Crippen molar-refractivity contribution in [3.05, 3.63) is 112 Å². The maximum absolute atomic E-state index is 12.9. The average molecular weight is 628 g/mol. The molecule has 0 saturated carbocycles. The van der Waals surface area contributed by atoms with Gasteiger partial charge in [0, 0.05) is 18.2 Å². The number of methoxy groups -OCH3 is 3. The third kappa shape index (κ3) is 7.51. The number of non-ortho nitro benzene ring substituents is 1. The number of benzene rings is 4. The highest BCUT2D eigenvalue weighted by Gasteiger charge is 2.19. The molecule has 4 aromatic carbocycles. The molecule has 1 N–H and O–H groups in total. The van der Waals surface area contributed by atoms with Crippen LogP contribution in [0, 0.1) is 10.1 Å². The van der Waals surface area contributed by atoms with E-state index in [0.717, 1.165) is 17.0 Å². The topological polar surface area (TPSA) is 140 Å². The van der Waals surface area contributed by atoms with E-state index in [1.807, 2.05) is 77.4 Å². The van der Waals surface area contributed by atoms with Gasteiger partial charge in [-0.2, -0.15) is 0 Å². The first kappa shape index (κ1) is 30.9. The van der Waals surface area contributed by atoms with E-state index in [-0.39, 0.29) is 23.1 Å². The van der Waals surface area contributed by atoms with Crippen molar-refractivity contribution in [2.75, 3.05) is 32.4 Å². The van der Waals surface area contributed by atoms with E-state index in [2.05, 4.69) is 15.5 Å². The Balaban J connectivity index is 1.39. The predicted molar refractivity (Wildman–Crippen MR) is 169 cm³/mol. The van der Waals surface area contributed by atoms with Crippen LogP contribution in [0.1, 0.15) is 11.4 Å². The fourth-order valence-electron chi connectivity index (χ4n) is 4.44. The Morgan fingerprint density at radius 3 is 2.24 bits per heavy atom. The van der Waals surface area contributed by atoms with Crippen molar-refractivity contribution in [2.45, 2.75) is 11.6 Å². The number of aromatic nitrogens is 3. The number of nitrogens with zero attached hydrogens (tertiary/aromatic N) is 4. The number of hydrogen-bond acceptors (Lipinski definition) is 10. The average Bonchev–Trinajstić information content (AvgIpc) is 3.46. The fourth-order valence-corrected chi connectivity index (χ4v) is 5.21. The van der Waals surface area contributed by atoms with Crippen LogP contribution in [0.4, 0.5) is 11.4 Å². The number of carbonyl (C=O) groups is 1. The van der Waals surface area contributed by atoms with Crippen LogP contribution in [0.15, 0.2) is 96.2 Å². The summed E-state index contributed by atoms with van der Waals surface area (Å²) < 4.78 is 23.9. The van der Waals surface area contributed by atoms with Gasteiger partial charge in [0.2, 0.25) is 5.91 Å². The number of amides is 1. The van der Waals surface area contributed by atoms with Crippen LogP contribution in [-0.4, -0.2) is 52.7 Å². The summed E-state index contributed by atoms with van der Waals surface area (Å²) in [4.78, 5) is 23.5. The van der Waals surface area contributed by atoms with Gasteiger partial charge in [0.05, 0.1) is 43.8 Å². The van der Waals surface area contributed by atoms with Crippen molar-refractivity contribution in [1.29, 1.82) is 0 Å². The monoisotopic (exact) mass is 627 g/mol. The number of carbonyl (C=O) groups excluding carboxylic acids is 1. The molecule has 0 bridgehead atoms. The Labute approximate surface area is 263 Å². The lowest BCUT2D eigenvalue weighted by Crippen LogP contribution is -2.15. The van der Waals surface area contributed by atoms with Gasteiger partial charge in [-0.05, 0) is 60.2 Å². The van der Waals surface area contributed by atoms with Crippen molar-refractivity contribution in [3.8, 4) is 34.4 Å². The molecule has 0 aliphatic heterocycles. The smallest absolute Gasteiger partial charge is 0.273 e. The lowest BCUT2D eigenvalue weighted by molar-refractivity contribution is -0.384. The van der Waals surface area contributed by atoms with E-state index in [1.54, 1.807) is 14.2 Å². The van der Waals surface area contributed by atoms with Gasteiger partial charge in [-0.3, -0.25) is 19.5 Å². The summed E-state index contributed by atoms with van der Waals surface area (Å²) in [6.07, 6.45) is 0.419. The Hall–Kier alpha value is -5.56. The first-order valence-electron chi connectivity index (χ1n) is 13.6. The van der Waals surface area contributed by atoms with Crippen LogP contribution in [0.2, 0.25) is 0 Å². The van der Waals surface area contributed by atoms with E-state index in [0.29, 0.717) is 40.3 Å². The highest BCUT2D eigenvalue weighted by Crippen LogP contribution is 2.32. The zero-order valence-electron chi connectivity index (χ0n) is 24.6. The molecule has 12 nitrogen and oxygen atoms in total.